The highest BCUT2D eigenvalue weighted by Gasteiger charge is 2.34. The Morgan fingerprint density at radius 2 is 2.21 bits per heavy atom. The van der Waals surface area contributed by atoms with Crippen molar-refractivity contribution in [3.8, 4) is 5.75 Å². The lowest BCUT2D eigenvalue weighted by atomic mass is 10.1. The summed E-state index contributed by atoms with van der Waals surface area (Å²) in [7, 11) is 1.70. The standard InChI is InChI=1S/C15H22N2O2/c1-18-12-4-3-11-9-14(15(16)13(11)10-12)17-5-2-7-19-8-6-17/h3-4,10,14-15H,2,5-9,16H2,1H3. The van der Waals surface area contributed by atoms with E-state index in [1.165, 1.54) is 11.1 Å². The first-order valence-corrected chi connectivity index (χ1v) is 7.04. The average Bonchev–Trinajstić information content (AvgIpc) is 2.64. The van der Waals surface area contributed by atoms with E-state index in [2.05, 4.69) is 17.0 Å². The van der Waals surface area contributed by atoms with Crippen molar-refractivity contribution in [2.45, 2.75) is 24.9 Å². The molecular weight excluding hydrogens is 240 g/mol. The number of benzene rings is 1. The molecule has 0 bridgehead atoms. The third-order valence-electron chi connectivity index (χ3n) is 4.28. The minimum Gasteiger partial charge on any atom is -0.497 e. The molecule has 1 aromatic rings. The molecule has 1 aliphatic carbocycles. The molecule has 2 atom stereocenters. The summed E-state index contributed by atoms with van der Waals surface area (Å²) in [6.07, 6.45) is 2.14. The summed E-state index contributed by atoms with van der Waals surface area (Å²) < 4.78 is 10.8. The molecule has 4 heteroatoms. The van der Waals surface area contributed by atoms with E-state index < -0.39 is 0 Å². The number of nitrogens with zero attached hydrogens (tertiary/aromatic N) is 1. The number of ether oxygens (including phenoxy) is 2. The average molecular weight is 262 g/mol. The molecule has 0 aromatic heterocycles. The van der Waals surface area contributed by atoms with Crippen molar-refractivity contribution in [1.82, 2.24) is 4.90 Å². The van der Waals surface area contributed by atoms with Crippen molar-refractivity contribution in [2.24, 2.45) is 5.73 Å². The van der Waals surface area contributed by atoms with Crippen LogP contribution in [0.25, 0.3) is 0 Å². The smallest absolute Gasteiger partial charge is 0.119 e. The van der Waals surface area contributed by atoms with Crippen molar-refractivity contribution in [1.29, 1.82) is 0 Å². The molecule has 4 nitrogen and oxygen atoms in total. The molecule has 2 unspecified atom stereocenters. The first-order valence-electron chi connectivity index (χ1n) is 7.04. The van der Waals surface area contributed by atoms with Crippen molar-refractivity contribution < 1.29 is 9.47 Å². The van der Waals surface area contributed by atoms with Crippen molar-refractivity contribution in [3.05, 3.63) is 29.3 Å². The molecule has 0 spiro atoms. The van der Waals surface area contributed by atoms with Crippen LogP contribution < -0.4 is 10.5 Å². The van der Waals surface area contributed by atoms with E-state index >= 15 is 0 Å². The Hall–Kier alpha value is -1.10. The van der Waals surface area contributed by atoms with Gasteiger partial charge < -0.3 is 15.2 Å². The van der Waals surface area contributed by atoms with Crippen LogP contribution >= 0.6 is 0 Å². The number of hydrogen-bond acceptors (Lipinski definition) is 4. The summed E-state index contributed by atoms with van der Waals surface area (Å²) in [6.45, 7) is 3.77. The molecule has 0 amide bonds. The van der Waals surface area contributed by atoms with Gasteiger partial charge in [0.05, 0.1) is 13.7 Å². The highest BCUT2D eigenvalue weighted by molar-refractivity contribution is 5.42. The maximum absolute atomic E-state index is 6.46. The maximum Gasteiger partial charge on any atom is 0.119 e. The van der Waals surface area contributed by atoms with Gasteiger partial charge in [-0.3, -0.25) is 4.90 Å². The number of rotatable bonds is 2. The van der Waals surface area contributed by atoms with Crippen LogP contribution in [0.5, 0.6) is 5.75 Å². The number of nitrogens with two attached hydrogens (primary N) is 1. The lowest BCUT2D eigenvalue weighted by molar-refractivity contribution is 0.128. The molecule has 1 saturated heterocycles. The second-order valence-electron chi connectivity index (χ2n) is 5.36. The molecule has 0 saturated carbocycles. The summed E-state index contributed by atoms with van der Waals surface area (Å²) in [5, 5.41) is 0. The quantitative estimate of drug-likeness (QED) is 0.874. The molecule has 2 aliphatic rings. The topological polar surface area (TPSA) is 47.7 Å². The molecule has 104 valence electrons. The van der Waals surface area contributed by atoms with E-state index in [0.717, 1.165) is 44.9 Å². The zero-order valence-corrected chi connectivity index (χ0v) is 11.5. The Morgan fingerprint density at radius 1 is 1.32 bits per heavy atom. The third-order valence-corrected chi connectivity index (χ3v) is 4.28. The van der Waals surface area contributed by atoms with Gasteiger partial charge in [-0.05, 0) is 36.1 Å². The summed E-state index contributed by atoms with van der Waals surface area (Å²) in [5.41, 5.74) is 9.07. The van der Waals surface area contributed by atoms with Crippen LogP contribution in [0.1, 0.15) is 23.6 Å². The van der Waals surface area contributed by atoms with E-state index in [0.29, 0.717) is 6.04 Å². The molecule has 2 N–H and O–H groups in total. The Kier molecular flexibility index (Phi) is 3.73. The van der Waals surface area contributed by atoms with Crippen molar-refractivity contribution in [2.75, 3.05) is 33.4 Å². The van der Waals surface area contributed by atoms with Crippen LogP contribution in [0.4, 0.5) is 0 Å². The maximum atomic E-state index is 6.46. The van der Waals surface area contributed by atoms with Gasteiger partial charge in [0, 0.05) is 31.8 Å². The Labute approximate surface area is 114 Å². The molecule has 1 aromatic carbocycles. The van der Waals surface area contributed by atoms with Gasteiger partial charge in [-0.25, -0.2) is 0 Å². The number of fused-ring (bicyclic) bond motifs is 1. The van der Waals surface area contributed by atoms with Crippen LogP contribution in [-0.4, -0.2) is 44.4 Å². The normalized spacial score (nSPS) is 27.9. The molecule has 1 aliphatic heterocycles. The van der Waals surface area contributed by atoms with Crippen LogP contribution in [0, 0.1) is 0 Å². The molecule has 19 heavy (non-hydrogen) atoms. The zero-order valence-electron chi connectivity index (χ0n) is 11.5. The zero-order chi connectivity index (χ0) is 13.2. The first kappa shape index (κ1) is 12.9. The Balaban J connectivity index is 1.79. The monoisotopic (exact) mass is 262 g/mol. The van der Waals surface area contributed by atoms with Gasteiger partial charge in [-0.15, -0.1) is 0 Å². The fourth-order valence-electron chi connectivity index (χ4n) is 3.21. The van der Waals surface area contributed by atoms with Gasteiger partial charge in [0.25, 0.3) is 0 Å². The van der Waals surface area contributed by atoms with E-state index in [4.69, 9.17) is 15.2 Å². The lowest BCUT2D eigenvalue weighted by Gasteiger charge is -2.30. The highest BCUT2D eigenvalue weighted by atomic mass is 16.5. The van der Waals surface area contributed by atoms with Crippen LogP contribution in [0.15, 0.2) is 18.2 Å². The molecule has 0 radical (unpaired) electrons. The second-order valence-corrected chi connectivity index (χ2v) is 5.36. The van der Waals surface area contributed by atoms with E-state index in [1.807, 2.05) is 6.07 Å². The summed E-state index contributed by atoms with van der Waals surface area (Å²) in [6, 6.07) is 6.77. The van der Waals surface area contributed by atoms with Crippen LogP contribution in [-0.2, 0) is 11.2 Å². The minimum atomic E-state index is 0.0863. The van der Waals surface area contributed by atoms with Crippen molar-refractivity contribution in [3.63, 3.8) is 0 Å². The fourth-order valence-corrected chi connectivity index (χ4v) is 3.21. The van der Waals surface area contributed by atoms with Crippen LogP contribution in [0.3, 0.4) is 0 Å². The highest BCUT2D eigenvalue weighted by Crippen LogP contribution is 2.35. The van der Waals surface area contributed by atoms with Gasteiger partial charge in [0.15, 0.2) is 0 Å². The van der Waals surface area contributed by atoms with Gasteiger partial charge >= 0.3 is 0 Å². The fraction of sp³-hybridized carbons (Fsp3) is 0.600. The van der Waals surface area contributed by atoms with E-state index in [1.54, 1.807) is 7.11 Å². The number of hydrogen-bond donors (Lipinski definition) is 1. The molecule has 1 fully saturated rings. The van der Waals surface area contributed by atoms with Gasteiger partial charge in [0.1, 0.15) is 5.75 Å². The van der Waals surface area contributed by atoms with Crippen molar-refractivity contribution >= 4 is 0 Å². The Bertz CT molecular complexity index is 442. The lowest BCUT2D eigenvalue weighted by Crippen LogP contribution is -2.42. The van der Waals surface area contributed by atoms with E-state index in [9.17, 15) is 0 Å². The third kappa shape index (κ3) is 2.48. The predicted molar refractivity (Wildman–Crippen MR) is 74.4 cm³/mol. The largest absolute Gasteiger partial charge is 0.497 e. The predicted octanol–water partition coefficient (Wildman–Crippen LogP) is 1.34. The minimum absolute atomic E-state index is 0.0863. The summed E-state index contributed by atoms with van der Waals surface area (Å²) in [4.78, 5) is 2.49. The van der Waals surface area contributed by atoms with Gasteiger partial charge in [-0.2, -0.15) is 0 Å². The molecule has 3 rings (SSSR count). The van der Waals surface area contributed by atoms with Gasteiger partial charge in [0.2, 0.25) is 0 Å². The van der Waals surface area contributed by atoms with Gasteiger partial charge in [-0.1, -0.05) is 6.07 Å². The summed E-state index contributed by atoms with van der Waals surface area (Å²) in [5.74, 6) is 0.897. The Morgan fingerprint density at radius 3 is 3.05 bits per heavy atom. The van der Waals surface area contributed by atoms with Crippen LogP contribution in [0.2, 0.25) is 0 Å². The molecule has 1 heterocycles. The number of methoxy groups -OCH3 is 1. The van der Waals surface area contributed by atoms with E-state index in [-0.39, 0.29) is 6.04 Å². The molecular formula is C15H22N2O2. The summed E-state index contributed by atoms with van der Waals surface area (Å²) >= 11 is 0. The second kappa shape index (κ2) is 5.49. The first-order chi connectivity index (χ1) is 9.29. The SMILES string of the molecule is COc1ccc2c(c1)C(N)C(N1CCCOCC1)C2.